The topological polar surface area (TPSA) is 59.4 Å². The zero-order valence-corrected chi connectivity index (χ0v) is 14.4. The fourth-order valence-corrected chi connectivity index (χ4v) is 2.74. The first-order chi connectivity index (χ1) is 11.6. The van der Waals surface area contributed by atoms with E-state index in [1.807, 2.05) is 36.4 Å². The Labute approximate surface area is 147 Å². The monoisotopic (exact) mass is 383 g/mol. The van der Waals surface area contributed by atoms with Crippen molar-refractivity contribution in [1.82, 2.24) is 4.98 Å². The number of carboxylic acids is 1. The van der Waals surface area contributed by atoms with Crippen LogP contribution in [0.2, 0.25) is 0 Å². The van der Waals surface area contributed by atoms with Crippen LogP contribution >= 0.6 is 15.9 Å². The van der Waals surface area contributed by atoms with E-state index in [0.29, 0.717) is 16.6 Å². The van der Waals surface area contributed by atoms with Crippen molar-refractivity contribution in [3.05, 3.63) is 69.8 Å². The highest BCUT2D eigenvalue weighted by Gasteiger charge is 2.11. The number of halogens is 1. The molecule has 0 saturated heterocycles. The molecule has 3 rings (SSSR count). The Morgan fingerprint density at radius 1 is 1.12 bits per heavy atom. The van der Waals surface area contributed by atoms with Gasteiger partial charge in [0.15, 0.2) is 0 Å². The summed E-state index contributed by atoms with van der Waals surface area (Å²) in [5, 5.41) is 10.1. The summed E-state index contributed by atoms with van der Waals surface area (Å²) in [5.41, 5.74) is 2.45. The van der Waals surface area contributed by atoms with Gasteiger partial charge in [0, 0.05) is 9.86 Å². The van der Waals surface area contributed by atoms with Crippen LogP contribution in [0.25, 0.3) is 23.1 Å². The van der Waals surface area contributed by atoms with Crippen molar-refractivity contribution in [3.63, 3.8) is 0 Å². The lowest BCUT2D eigenvalue weighted by molar-refractivity contribution is 0.0699. The molecule has 0 aliphatic heterocycles. The predicted octanol–water partition coefficient (Wildman–Crippen LogP) is 4.87. The second-order valence-electron chi connectivity index (χ2n) is 5.17. The van der Waals surface area contributed by atoms with E-state index in [1.54, 1.807) is 31.4 Å². The van der Waals surface area contributed by atoms with Crippen LogP contribution in [0.5, 0.6) is 5.75 Å². The molecule has 3 aromatic rings. The number of pyridine rings is 1. The first kappa shape index (κ1) is 16.2. The fraction of sp³-hybridized carbons (Fsp3) is 0.0526. The third kappa shape index (κ3) is 3.46. The Bertz CT molecular complexity index is 933. The van der Waals surface area contributed by atoms with E-state index < -0.39 is 5.97 Å². The number of fused-ring (bicyclic) bond motifs is 1. The number of nitrogens with zero attached hydrogens (tertiary/aromatic N) is 1. The summed E-state index contributed by atoms with van der Waals surface area (Å²) in [7, 11) is 1.62. The van der Waals surface area contributed by atoms with Crippen LogP contribution in [-0.2, 0) is 0 Å². The summed E-state index contributed by atoms with van der Waals surface area (Å²) < 4.78 is 5.95. The molecule has 0 unspecified atom stereocenters. The molecule has 0 amide bonds. The summed E-state index contributed by atoms with van der Waals surface area (Å²) in [6, 6.07) is 14.6. The summed E-state index contributed by atoms with van der Waals surface area (Å²) in [6.45, 7) is 0. The Morgan fingerprint density at radius 3 is 2.54 bits per heavy atom. The maximum atomic E-state index is 11.5. The predicted molar refractivity (Wildman–Crippen MR) is 98.3 cm³/mol. The van der Waals surface area contributed by atoms with E-state index in [-0.39, 0.29) is 5.56 Å². The van der Waals surface area contributed by atoms with E-state index in [4.69, 9.17) is 4.74 Å². The van der Waals surface area contributed by atoms with Crippen molar-refractivity contribution in [2.75, 3.05) is 7.11 Å². The van der Waals surface area contributed by atoms with Crippen LogP contribution in [-0.4, -0.2) is 23.2 Å². The van der Waals surface area contributed by atoms with Gasteiger partial charge in [0.25, 0.3) is 0 Å². The minimum Gasteiger partial charge on any atom is -0.497 e. The van der Waals surface area contributed by atoms with Gasteiger partial charge in [0.05, 0.1) is 23.9 Å². The number of ether oxygens (including phenoxy) is 1. The molecular formula is C19H14BrNO3. The van der Waals surface area contributed by atoms with Crippen molar-refractivity contribution in [2.24, 2.45) is 0 Å². The molecule has 0 bridgehead atoms. The van der Waals surface area contributed by atoms with Gasteiger partial charge in [-0.2, -0.15) is 0 Å². The van der Waals surface area contributed by atoms with Gasteiger partial charge in [-0.25, -0.2) is 9.78 Å². The van der Waals surface area contributed by atoms with Crippen molar-refractivity contribution >= 4 is 45.0 Å². The number of carbonyl (C=O) groups is 1. The molecule has 2 aromatic carbocycles. The van der Waals surface area contributed by atoms with Gasteiger partial charge in [-0.05, 0) is 48.0 Å². The molecule has 1 heterocycles. The molecule has 5 heteroatoms. The number of hydrogen-bond acceptors (Lipinski definition) is 3. The van der Waals surface area contributed by atoms with Crippen LogP contribution in [0.1, 0.15) is 21.6 Å². The van der Waals surface area contributed by atoms with E-state index >= 15 is 0 Å². The standard InChI is InChI=1S/C19H14BrNO3/c1-24-15-7-3-12(4-8-15)2-6-14-11-17(19(22)23)16-10-13(20)5-9-18(16)21-14/h2-11H,1H3,(H,22,23)/b6-2+. The van der Waals surface area contributed by atoms with Gasteiger partial charge < -0.3 is 9.84 Å². The van der Waals surface area contributed by atoms with E-state index in [1.165, 1.54) is 0 Å². The molecule has 0 spiro atoms. The maximum absolute atomic E-state index is 11.5. The molecule has 0 radical (unpaired) electrons. The third-order valence-corrected chi connectivity index (χ3v) is 4.08. The largest absolute Gasteiger partial charge is 0.497 e. The molecule has 0 aliphatic carbocycles. The maximum Gasteiger partial charge on any atom is 0.336 e. The van der Waals surface area contributed by atoms with Gasteiger partial charge in [-0.15, -0.1) is 0 Å². The van der Waals surface area contributed by atoms with Crippen molar-refractivity contribution in [1.29, 1.82) is 0 Å². The van der Waals surface area contributed by atoms with Crippen LogP contribution < -0.4 is 4.74 Å². The molecule has 4 nitrogen and oxygen atoms in total. The summed E-state index contributed by atoms with van der Waals surface area (Å²) in [6.07, 6.45) is 3.69. The second-order valence-corrected chi connectivity index (χ2v) is 6.08. The zero-order valence-electron chi connectivity index (χ0n) is 12.9. The smallest absolute Gasteiger partial charge is 0.336 e. The minimum absolute atomic E-state index is 0.232. The summed E-state index contributed by atoms with van der Waals surface area (Å²) in [4.78, 5) is 16.1. The van der Waals surface area contributed by atoms with Gasteiger partial charge in [-0.3, -0.25) is 0 Å². The Hall–Kier alpha value is -2.66. The summed E-state index contributed by atoms with van der Waals surface area (Å²) in [5.74, 6) is -0.186. The Balaban J connectivity index is 2.01. The van der Waals surface area contributed by atoms with E-state index in [9.17, 15) is 9.90 Å². The van der Waals surface area contributed by atoms with Crippen LogP contribution in [0, 0.1) is 0 Å². The highest BCUT2D eigenvalue weighted by molar-refractivity contribution is 9.10. The first-order valence-electron chi connectivity index (χ1n) is 7.22. The number of hydrogen-bond donors (Lipinski definition) is 1. The minimum atomic E-state index is -0.973. The average molecular weight is 384 g/mol. The molecular weight excluding hydrogens is 370 g/mol. The number of benzene rings is 2. The SMILES string of the molecule is COc1ccc(/C=C/c2cc(C(=O)O)c3cc(Br)ccc3n2)cc1. The molecule has 0 atom stereocenters. The van der Waals surface area contributed by atoms with Crippen molar-refractivity contribution in [3.8, 4) is 5.75 Å². The molecule has 1 aromatic heterocycles. The number of methoxy groups -OCH3 is 1. The average Bonchev–Trinajstić information content (AvgIpc) is 2.59. The Morgan fingerprint density at radius 2 is 1.88 bits per heavy atom. The van der Waals surface area contributed by atoms with Crippen molar-refractivity contribution in [2.45, 2.75) is 0 Å². The molecule has 1 N–H and O–H groups in total. The second kappa shape index (κ2) is 6.84. The van der Waals surface area contributed by atoms with E-state index in [0.717, 1.165) is 15.8 Å². The fourth-order valence-electron chi connectivity index (χ4n) is 2.38. The lowest BCUT2D eigenvalue weighted by atomic mass is 10.1. The molecule has 0 aliphatic rings. The van der Waals surface area contributed by atoms with E-state index in [2.05, 4.69) is 20.9 Å². The summed E-state index contributed by atoms with van der Waals surface area (Å²) >= 11 is 3.36. The van der Waals surface area contributed by atoms with Gasteiger partial charge in [0.1, 0.15) is 5.75 Å². The van der Waals surface area contributed by atoms with Gasteiger partial charge >= 0.3 is 5.97 Å². The lowest BCUT2D eigenvalue weighted by Crippen LogP contribution is -2.00. The van der Waals surface area contributed by atoms with Crippen LogP contribution in [0.15, 0.2) is 53.0 Å². The molecule has 0 saturated carbocycles. The van der Waals surface area contributed by atoms with Crippen LogP contribution in [0.4, 0.5) is 0 Å². The quantitative estimate of drug-likeness (QED) is 0.697. The molecule has 0 fully saturated rings. The normalized spacial score (nSPS) is 11.1. The van der Waals surface area contributed by atoms with Gasteiger partial charge in [-0.1, -0.05) is 34.1 Å². The molecule has 24 heavy (non-hydrogen) atoms. The third-order valence-electron chi connectivity index (χ3n) is 3.58. The number of aromatic nitrogens is 1. The van der Waals surface area contributed by atoms with Crippen molar-refractivity contribution < 1.29 is 14.6 Å². The highest BCUT2D eigenvalue weighted by Crippen LogP contribution is 2.24. The Kier molecular flexibility index (Phi) is 4.62. The van der Waals surface area contributed by atoms with Crippen LogP contribution in [0.3, 0.4) is 0 Å². The lowest BCUT2D eigenvalue weighted by Gasteiger charge is -2.05. The molecule has 120 valence electrons. The number of aromatic carboxylic acids is 1. The first-order valence-corrected chi connectivity index (χ1v) is 8.02. The number of carboxylic acid groups (broad SMARTS) is 1. The zero-order chi connectivity index (χ0) is 17.1. The number of rotatable bonds is 4. The van der Waals surface area contributed by atoms with Gasteiger partial charge in [0.2, 0.25) is 0 Å². The highest BCUT2D eigenvalue weighted by atomic mass is 79.9.